The molecule has 6 heteroatoms. The second kappa shape index (κ2) is 2.36. The lowest BCUT2D eigenvalue weighted by molar-refractivity contribution is 0.558. The van der Waals surface area contributed by atoms with Crippen LogP contribution in [0.5, 0.6) is 0 Å². The van der Waals surface area contributed by atoms with Crippen LogP contribution in [0.15, 0.2) is 5.03 Å². The molecule has 0 aliphatic rings. The van der Waals surface area contributed by atoms with Gasteiger partial charge in [0.05, 0.1) is 0 Å². The minimum Gasteiger partial charge on any atom is -0.194 e. The molecule has 0 aliphatic carbocycles. The van der Waals surface area contributed by atoms with Gasteiger partial charge in [0.15, 0.2) is 5.03 Å². The maximum atomic E-state index is 12.1. The van der Waals surface area contributed by atoms with Gasteiger partial charge < -0.3 is 0 Å². The monoisotopic (exact) mass is 151 g/mol. The van der Waals surface area contributed by atoms with Gasteiger partial charge in [0.25, 0.3) is 5.95 Å². The van der Waals surface area contributed by atoms with Gasteiger partial charge in [-0.25, -0.2) is 0 Å². The molecule has 0 spiro atoms. The number of thiol groups is 1. The zero-order valence-electron chi connectivity index (χ0n) is 3.63. The average Bonchev–Trinajstić information content (AvgIpc) is 2.14. The number of hydrogen-bond donors (Lipinski definition) is 2. The van der Waals surface area contributed by atoms with Crippen molar-refractivity contribution in [1.29, 1.82) is 0 Å². The van der Waals surface area contributed by atoms with Gasteiger partial charge in [-0.1, -0.05) is 0 Å². The van der Waals surface area contributed by atoms with E-state index >= 15 is 0 Å². The van der Waals surface area contributed by atoms with Crippen LogP contribution in [0.3, 0.4) is 0 Å². The molecule has 1 aromatic rings. The summed E-state index contributed by atoms with van der Waals surface area (Å²) in [6.45, 7) is 0. The molecule has 8 heavy (non-hydrogen) atoms. The van der Waals surface area contributed by atoms with Crippen molar-refractivity contribution >= 4 is 22.5 Å². The lowest BCUT2D eigenvalue weighted by atomic mass is 10.9. The molecule has 1 N–H and O–H groups in total. The second-order valence-corrected chi connectivity index (χ2v) is 2.13. The van der Waals surface area contributed by atoms with Gasteiger partial charge in [0.2, 0.25) is 0 Å². The van der Waals surface area contributed by atoms with Crippen LogP contribution in [0.1, 0.15) is 0 Å². The van der Waals surface area contributed by atoms with Crippen molar-refractivity contribution in [3.63, 3.8) is 0 Å². The van der Waals surface area contributed by atoms with E-state index in [4.69, 9.17) is 0 Å². The van der Waals surface area contributed by atoms with Crippen LogP contribution in [-0.4, -0.2) is 15.4 Å². The summed E-state index contributed by atoms with van der Waals surface area (Å²) in [6, 6.07) is 0. The molecule has 0 aromatic carbocycles. The van der Waals surface area contributed by atoms with Crippen molar-refractivity contribution in [3.8, 4) is 0 Å². The fourth-order valence-electron chi connectivity index (χ4n) is 0.266. The van der Waals surface area contributed by atoms with E-state index in [-0.39, 0.29) is 5.03 Å². The Kier molecular flexibility index (Phi) is 1.74. The summed E-state index contributed by atoms with van der Waals surface area (Å²) in [6.07, 6.45) is 0. The van der Waals surface area contributed by atoms with Crippen molar-refractivity contribution in [2.24, 2.45) is 0 Å². The number of halogens is 1. The first kappa shape index (κ1) is 5.90. The Morgan fingerprint density at radius 1 is 1.62 bits per heavy atom. The normalized spacial score (nSPS) is 9.75. The van der Waals surface area contributed by atoms with Crippen LogP contribution in [0.2, 0.25) is 0 Å². The van der Waals surface area contributed by atoms with Crippen molar-refractivity contribution < 1.29 is 4.39 Å². The fraction of sp³-hybridized carbons (Fsp3) is 0. The summed E-state index contributed by atoms with van der Waals surface area (Å²) in [5.74, 6) is -0.606. The first-order valence-corrected chi connectivity index (χ1v) is 3.59. The van der Waals surface area contributed by atoms with Crippen molar-refractivity contribution in [3.05, 3.63) is 5.95 Å². The topological polar surface area (TPSA) is 41.6 Å². The van der Waals surface area contributed by atoms with Crippen molar-refractivity contribution in [2.45, 2.75) is 5.03 Å². The smallest absolute Gasteiger partial charge is 0.194 e. The highest BCUT2D eigenvalue weighted by Gasteiger charge is 2.02. The molecule has 1 aromatic heterocycles. The molecule has 1 rings (SSSR count). The summed E-state index contributed by atoms with van der Waals surface area (Å²) >= 11 is 3.70. The molecule has 0 unspecified atom stereocenters. The number of nitrogens with zero attached hydrogens (tertiary/aromatic N) is 2. The van der Waals surface area contributed by atoms with E-state index in [9.17, 15) is 4.39 Å². The molecular formula is C2H2FN3S2. The highest BCUT2D eigenvalue weighted by molar-refractivity contribution is 8.68. The van der Waals surface area contributed by atoms with E-state index in [0.717, 1.165) is 10.8 Å². The zero-order valence-corrected chi connectivity index (χ0v) is 5.34. The van der Waals surface area contributed by atoms with Crippen LogP contribution in [0, 0.1) is 5.95 Å². The van der Waals surface area contributed by atoms with E-state index in [1.165, 1.54) is 0 Å². The zero-order chi connectivity index (χ0) is 5.98. The number of rotatable bonds is 1. The molecule has 3 nitrogen and oxygen atoms in total. The van der Waals surface area contributed by atoms with Gasteiger partial charge >= 0.3 is 0 Å². The second-order valence-electron chi connectivity index (χ2n) is 1.01. The van der Waals surface area contributed by atoms with Gasteiger partial charge in [-0.2, -0.15) is 9.60 Å². The molecule has 0 saturated heterocycles. The number of aromatic nitrogens is 3. The van der Waals surface area contributed by atoms with Crippen molar-refractivity contribution in [1.82, 2.24) is 15.4 Å². The first-order valence-electron chi connectivity index (χ1n) is 1.72. The summed E-state index contributed by atoms with van der Waals surface area (Å²) < 4.78 is 12.1. The molecule has 0 amide bonds. The maximum absolute atomic E-state index is 12.1. The van der Waals surface area contributed by atoms with Crippen LogP contribution in [0.4, 0.5) is 4.39 Å². The van der Waals surface area contributed by atoms with Crippen LogP contribution in [-0.2, 0) is 0 Å². The van der Waals surface area contributed by atoms with E-state index in [0.29, 0.717) is 0 Å². The molecular weight excluding hydrogens is 149 g/mol. The van der Waals surface area contributed by atoms with Gasteiger partial charge in [0, 0.05) is 0 Å². The molecule has 1 heterocycles. The highest BCUT2D eigenvalue weighted by Crippen LogP contribution is 2.18. The number of nitrogens with one attached hydrogen (secondary N) is 1. The number of aromatic amines is 1. The largest absolute Gasteiger partial charge is 0.267 e. The van der Waals surface area contributed by atoms with Gasteiger partial charge in [-0.05, 0) is 10.8 Å². The van der Waals surface area contributed by atoms with Crippen LogP contribution < -0.4 is 0 Å². The Balaban J connectivity index is 2.92. The number of hydrogen-bond acceptors (Lipinski definition) is 4. The fourth-order valence-corrected chi connectivity index (χ4v) is 0.817. The number of H-pyrrole nitrogens is 1. The van der Waals surface area contributed by atoms with E-state index in [1.54, 1.807) is 0 Å². The van der Waals surface area contributed by atoms with Gasteiger partial charge in [0.1, 0.15) is 0 Å². The predicted molar refractivity (Wildman–Crippen MR) is 31.2 cm³/mol. The molecule has 0 saturated carbocycles. The maximum Gasteiger partial charge on any atom is 0.267 e. The van der Waals surface area contributed by atoms with E-state index < -0.39 is 5.95 Å². The highest BCUT2D eigenvalue weighted by atomic mass is 33.1. The van der Waals surface area contributed by atoms with E-state index in [2.05, 4.69) is 27.1 Å². The molecule has 0 aliphatic heterocycles. The molecule has 0 fully saturated rings. The van der Waals surface area contributed by atoms with E-state index in [1.807, 2.05) is 0 Å². The van der Waals surface area contributed by atoms with Crippen LogP contribution >= 0.6 is 22.5 Å². The summed E-state index contributed by atoms with van der Waals surface area (Å²) in [5, 5.41) is 8.80. The quantitative estimate of drug-likeness (QED) is 0.462. The third-order valence-corrected chi connectivity index (χ3v) is 1.51. The van der Waals surface area contributed by atoms with Gasteiger partial charge in [-0.15, -0.1) is 21.9 Å². The standard InChI is InChI=1S/C2H2FN3S2/c3-1-2(8-7)5-6-4-1/h7H,(H,4,5,6). The Bertz CT molecular complexity index is 176. The SMILES string of the molecule is Fc1n[nH]nc1SS. The van der Waals surface area contributed by atoms with Crippen LogP contribution in [0.25, 0.3) is 0 Å². The summed E-state index contributed by atoms with van der Waals surface area (Å²) in [5.41, 5.74) is 0. The van der Waals surface area contributed by atoms with Gasteiger partial charge in [-0.3, -0.25) is 0 Å². The molecule has 0 bridgehead atoms. The van der Waals surface area contributed by atoms with Crippen molar-refractivity contribution in [2.75, 3.05) is 0 Å². The minimum absolute atomic E-state index is 0.174. The predicted octanol–water partition coefficient (Wildman–Crippen LogP) is 0.881. The Labute approximate surface area is 53.9 Å². The summed E-state index contributed by atoms with van der Waals surface area (Å²) in [7, 11) is 0.917. The Hall–Kier alpha value is -0.230. The summed E-state index contributed by atoms with van der Waals surface area (Å²) in [4.78, 5) is 0. The minimum atomic E-state index is -0.606. The third-order valence-electron chi connectivity index (χ3n) is 0.563. The lowest BCUT2D eigenvalue weighted by Gasteiger charge is -1.77. The Morgan fingerprint density at radius 3 is 2.62 bits per heavy atom. The lowest BCUT2D eigenvalue weighted by Crippen LogP contribution is -1.71. The molecule has 0 atom stereocenters. The Morgan fingerprint density at radius 2 is 2.38 bits per heavy atom. The molecule has 44 valence electrons. The molecule has 0 radical (unpaired) electrons. The first-order chi connectivity index (χ1) is 3.84. The average molecular weight is 151 g/mol. The third kappa shape index (κ3) is 0.948.